The van der Waals surface area contributed by atoms with Crippen molar-refractivity contribution in [3.8, 4) is 0 Å². The second kappa shape index (κ2) is 5.19. The van der Waals surface area contributed by atoms with Crippen LogP contribution < -0.4 is 0 Å². The molecule has 1 rings (SSSR count). The Bertz CT molecular complexity index is 346. The van der Waals surface area contributed by atoms with Crippen LogP contribution in [0.25, 0.3) is 6.08 Å². The first-order valence-corrected chi connectivity index (χ1v) is 5.29. The number of benzene rings is 1. The first kappa shape index (κ1) is 12.8. The Morgan fingerprint density at radius 2 is 1.75 bits per heavy atom. The lowest BCUT2D eigenvalue weighted by molar-refractivity contribution is -0.137. The number of hydrogen-bond donors (Lipinski definition) is 0. The fraction of sp³-hybridized carbons (Fsp3) is 0.385. The highest BCUT2D eigenvalue weighted by atomic mass is 19.4. The summed E-state index contributed by atoms with van der Waals surface area (Å²) in [5, 5.41) is 0. The van der Waals surface area contributed by atoms with E-state index in [2.05, 4.69) is 13.8 Å². The monoisotopic (exact) mass is 228 g/mol. The highest BCUT2D eigenvalue weighted by Gasteiger charge is 2.29. The smallest absolute Gasteiger partial charge is 0.166 e. The van der Waals surface area contributed by atoms with Gasteiger partial charge in [-0.15, -0.1) is 0 Å². The molecule has 1 aromatic rings. The predicted molar refractivity (Wildman–Crippen MR) is 59.9 cm³/mol. The molecule has 88 valence electrons. The molecule has 0 amide bonds. The van der Waals surface area contributed by atoms with Crippen molar-refractivity contribution in [1.82, 2.24) is 0 Å². The molecule has 0 saturated heterocycles. The molecular formula is C13H15F3. The van der Waals surface area contributed by atoms with E-state index < -0.39 is 11.7 Å². The summed E-state index contributed by atoms with van der Waals surface area (Å²) in [7, 11) is 0. The Labute approximate surface area is 93.8 Å². The summed E-state index contributed by atoms with van der Waals surface area (Å²) in [6.45, 7) is 4.14. The minimum absolute atomic E-state index is 0.447. The van der Waals surface area contributed by atoms with Crippen LogP contribution in [0, 0.1) is 5.92 Å². The van der Waals surface area contributed by atoms with Crippen molar-refractivity contribution in [2.24, 2.45) is 5.92 Å². The van der Waals surface area contributed by atoms with Crippen LogP contribution in [0.5, 0.6) is 0 Å². The van der Waals surface area contributed by atoms with Crippen LogP contribution in [-0.2, 0) is 6.18 Å². The molecule has 0 aromatic heterocycles. The van der Waals surface area contributed by atoms with Gasteiger partial charge in [0.05, 0.1) is 5.56 Å². The van der Waals surface area contributed by atoms with Crippen molar-refractivity contribution in [2.75, 3.05) is 0 Å². The van der Waals surface area contributed by atoms with Gasteiger partial charge in [0.15, 0.2) is 0 Å². The number of rotatable bonds is 3. The molecule has 0 aliphatic rings. The van der Waals surface area contributed by atoms with Crippen molar-refractivity contribution in [3.05, 3.63) is 41.5 Å². The topological polar surface area (TPSA) is 0 Å². The van der Waals surface area contributed by atoms with Crippen LogP contribution in [-0.4, -0.2) is 0 Å². The van der Waals surface area contributed by atoms with E-state index in [0.717, 1.165) is 24.1 Å². The lowest BCUT2D eigenvalue weighted by atomic mass is 10.1. The van der Waals surface area contributed by atoms with Gasteiger partial charge >= 0.3 is 6.18 Å². The van der Waals surface area contributed by atoms with Gasteiger partial charge in [-0.05, 0) is 23.6 Å². The van der Waals surface area contributed by atoms with Crippen LogP contribution in [0.1, 0.15) is 31.4 Å². The molecule has 0 aliphatic carbocycles. The van der Waals surface area contributed by atoms with Crippen LogP contribution in [0.2, 0.25) is 0 Å². The van der Waals surface area contributed by atoms with Gasteiger partial charge < -0.3 is 0 Å². The summed E-state index contributed by atoms with van der Waals surface area (Å²) in [5.41, 5.74) is 0.196. The number of allylic oxidation sites excluding steroid dienone is 1. The van der Waals surface area contributed by atoms with Gasteiger partial charge in [0.2, 0.25) is 0 Å². The number of hydrogen-bond acceptors (Lipinski definition) is 0. The van der Waals surface area contributed by atoms with E-state index in [1.807, 2.05) is 12.2 Å². The largest absolute Gasteiger partial charge is 0.416 e. The highest BCUT2D eigenvalue weighted by Crippen LogP contribution is 2.29. The van der Waals surface area contributed by atoms with Crippen molar-refractivity contribution in [2.45, 2.75) is 26.4 Å². The van der Waals surface area contributed by atoms with Gasteiger partial charge in [-0.2, -0.15) is 13.2 Å². The third kappa shape index (κ3) is 3.72. The molecule has 0 heterocycles. The first-order valence-electron chi connectivity index (χ1n) is 5.29. The molecule has 1 unspecified atom stereocenters. The fourth-order valence-corrected chi connectivity index (χ4v) is 1.19. The molecule has 1 aromatic carbocycles. The molecule has 0 bridgehead atoms. The minimum atomic E-state index is -4.25. The molecule has 0 fully saturated rings. The maximum atomic E-state index is 12.3. The van der Waals surface area contributed by atoms with E-state index in [9.17, 15) is 13.2 Å². The predicted octanol–water partition coefficient (Wildman–Crippen LogP) is 4.76. The third-order valence-electron chi connectivity index (χ3n) is 2.50. The van der Waals surface area contributed by atoms with E-state index >= 15 is 0 Å². The SMILES string of the molecule is CCC(C)/C=C/c1ccc(C(F)(F)F)cc1. The fourth-order valence-electron chi connectivity index (χ4n) is 1.19. The highest BCUT2D eigenvalue weighted by molar-refractivity contribution is 5.50. The Balaban J connectivity index is 2.76. The van der Waals surface area contributed by atoms with Crippen molar-refractivity contribution < 1.29 is 13.2 Å². The summed E-state index contributed by atoms with van der Waals surface area (Å²) >= 11 is 0. The molecule has 0 N–H and O–H groups in total. The summed E-state index contributed by atoms with van der Waals surface area (Å²) in [4.78, 5) is 0. The molecule has 0 nitrogen and oxygen atoms in total. The molecule has 1 atom stereocenters. The summed E-state index contributed by atoms with van der Waals surface area (Å²) in [5.74, 6) is 0.447. The van der Waals surface area contributed by atoms with Crippen molar-refractivity contribution in [1.29, 1.82) is 0 Å². The normalized spacial score (nSPS) is 14.3. The van der Waals surface area contributed by atoms with Gasteiger partial charge in [0.25, 0.3) is 0 Å². The number of alkyl halides is 3. The van der Waals surface area contributed by atoms with Crippen molar-refractivity contribution in [3.63, 3.8) is 0 Å². The van der Waals surface area contributed by atoms with Crippen LogP contribution in [0.4, 0.5) is 13.2 Å². The lowest BCUT2D eigenvalue weighted by Gasteiger charge is -2.06. The zero-order valence-electron chi connectivity index (χ0n) is 9.38. The van der Waals surface area contributed by atoms with Crippen LogP contribution in [0.3, 0.4) is 0 Å². The van der Waals surface area contributed by atoms with Crippen LogP contribution >= 0.6 is 0 Å². The van der Waals surface area contributed by atoms with Gasteiger partial charge in [0, 0.05) is 0 Å². The Kier molecular flexibility index (Phi) is 4.16. The minimum Gasteiger partial charge on any atom is -0.166 e. The second-order valence-electron chi connectivity index (χ2n) is 3.86. The zero-order chi connectivity index (χ0) is 12.2. The lowest BCUT2D eigenvalue weighted by Crippen LogP contribution is -2.03. The Morgan fingerprint density at radius 3 is 2.19 bits per heavy atom. The van der Waals surface area contributed by atoms with Crippen molar-refractivity contribution >= 4 is 6.08 Å². The maximum absolute atomic E-state index is 12.3. The molecule has 0 saturated carbocycles. The van der Waals surface area contributed by atoms with E-state index in [1.54, 1.807) is 0 Å². The average molecular weight is 228 g/mol. The molecule has 16 heavy (non-hydrogen) atoms. The molecule has 0 aliphatic heterocycles. The molecule has 0 spiro atoms. The third-order valence-corrected chi connectivity index (χ3v) is 2.50. The standard InChI is InChI=1S/C13H15F3/c1-3-10(2)4-5-11-6-8-12(9-7-11)13(14,15)16/h4-10H,3H2,1-2H3/b5-4+. The molecule has 3 heteroatoms. The second-order valence-corrected chi connectivity index (χ2v) is 3.86. The summed E-state index contributed by atoms with van der Waals surface area (Å²) in [6.07, 6.45) is 0.632. The number of halogens is 3. The summed E-state index contributed by atoms with van der Waals surface area (Å²) < 4.78 is 36.8. The average Bonchev–Trinajstić information content (AvgIpc) is 2.25. The van der Waals surface area contributed by atoms with Crippen LogP contribution in [0.15, 0.2) is 30.3 Å². The van der Waals surface area contributed by atoms with E-state index in [1.165, 1.54) is 12.1 Å². The Morgan fingerprint density at radius 1 is 1.19 bits per heavy atom. The molecular weight excluding hydrogens is 213 g/mol. The van der Waals surface area contributed by atoms with Gasteiger partial charge in [-0.1, -0.05) is 44.6 Å². The Hall–Kier alpha value is -1.25. The quantitative estimate of drug-likeness (QED) is 0.699. The van der Waals surface area contributed by atoms with E-state index in [4.69, 9.17) is 0 Å². The van der Waals surface area contributed by atoms with Gasteiger partial charge in [-0.3, -0.25) is 0 Å². The van der Waals surface area contributed by atoms with Gasteiger partial charge in [0.1, 0.15) is 0 Å². The van der Waals surface area contributed by atoms with E-state index in [0.29, 0.717) is 5.92 Å². The molecule has 0 radical (unpaired) electrons. The van der Waals surface area contributed by atoms with Gasteiger partial charge in [-0.25, -0.2) is 0 Å². The van der Waals surface area contributed by atoms with E-state index in [-0.39, 0.29) is 0 Å². The maximum Gasteiger partial charge on any atom is 0.416 e. The first-order chi connectivity index (χ1) is 7.43. The summed E-state index contributed by atoms with van der Waals surface area (Å²) in [6, 6.07) is 5.19. The zero-order valence-corrected chi connectivity index (χ0v) is 9.38.